The molecule has 4 heteroatoms. The molecule has 1 N–H and O–H groups in total. The van der Waals surface area contributed by atoms with Crippen molar-refractivity contribution in [2.24, 2.45) is 17.3 Å². The summed E-state index contributed by atoms with van der Waals surface area (Å²) in [5.74, 6) is 1.41. The Bertz CT molecular complexity index is 922. The van der Waals surface area contributed by atoms with E-state index in [1.807, 2.05) is 0 Å². The fourth-order valence-electron chi connectivity index (χ4n) is 6.62. The van der Waals surface area contributed by atoms with Crippen molar-refractivity contribution in [2.45, 2.75) is 50.9 Å². The van der Waals surface area contributed by atoms with Gasteiger partial charge in [0.15, 0.2) is 0 Å². The Balaban J connectivity index is 1.48. The van der Waals surface area contributed by atoms with Crippen LogP contribution < -0.4 is 5.32 Å². The van der Waals surface area contributed by atoms with Gasteiger partial charge in [0.2, 0.25) is 5.91 Å². The molecule has 146 valence electrons. The maximum atomic E-state index is 13.5. The number of anilines is 1. The molecule has 2 unspecified atom stereocenters. The number of rotatable bonds is 3. The Kier molecular flexibility index (Phi) is 4.30. The maximum absolute atomic E-state index is 13.5. The van der Waals surface area contributed by atoms with E-state index < -0.39 is 0 Å². The smallest absolute Gasteiger partial charge is 0.230 e. The number of carbonyl (C=O) groups excluding carboxylic acids is 1. The molecule has 0 saturated heterocycles. The van der Waals surface area contributed by atoms with Gasteiger partial charge in [-0.25, -0.2) is 0 Å². The Labute approximate surface area is 176 Å². The number of nitrogens with one attached hydrogen (secondary N) is 1. The number of halogens is 2. The largest absolute Gasteiger partial charge is 0.324 e. The lowest BCUT2D eigenvalue weighted by Crippen LogP contribution is -2.58. The van der Waals surface area contributed by atoms with Crippen molar-refractivity contribution >= 4 is 34.8 Å². The lowest BCUT2D eigenvalue weighted by Gasteiger charge is -2.61. The summed E-state index contributed by atoms with van der Waals surface area (Å²) in [6, 6.07) is 14.3. The van der Waals surface area contributed by atoms with Crippen LogP contribution in [-0.2, 0) is 10.2 Å². The second kappa shape index (κ2) is 6.50. The lowest BCUT2D eigenvalue weighted by molar-refractivity contribution is -0.143. The predicted octanol–water partition coefficient (Wildman–Crippen LogP) is 6.78. The quantitative estimate of drug-likeness (QED) is 0.589. The number of carbonyl (C=O) groups is 1. The third-order valence-electron chi connectivity index (χ3n) is 7.38. The number of aryl methyl sites for hydroxylation is 1. The first-order valence-electron chi connectivity index (χ1n) is 10.2. The van der Waals surface area contributed by atoms with Crippen LogP contribution in [0.15, 0.2) is 42.5 Å². The van der Waals surface area contributed by atoms with Gasteiger partial charge < -0.3 is 5.32 Å². The summed E-state index contributed by atoms with van der Waals surface area (Å²) < 4.78 is 0. The van der Waals surface area contributed by atoms with E-state index in [1.165, 1.54) is 30.4 Å². The van der Waals surface area contributed by atoms with E-state index in [0.29, 0.717) is 27.6 Å². The summed E-state index contributed by atoms with van der Waals surface area (Å²) in [4.78, 5) is 13.5. The van der Waals surface area contributed by atoms with Gasteiger partial charge in [-0.05, 0) is 86.5 Å². The molecule has 6 rings (SSSR count). The van der Waals surface area contributed by atoms with Gasteiger partial charge in [0, 0.05) is 5.02 Å². The van der Waals surface area contributed by atoms with Crippen LogP contribution in [0, 0.1) is 24.2 Å². The molecule has 2 aromatic rings. The van der Waals surface area contributed by atoms with Crippen LogP contribution in [0.2, 0.25) is 10.0 Å². The molecule has 2 atom stereocenters. The van der Waals surface area contributed by atoms with Gasteiger partial charge in [0.25, 0.3) is 0 Å². The van der Waals surface area contributed by atoms with E-state index >= 15 is 0 Å². The van der Waals surface area contributed by atoms with Crippen LogP contribution in [0.5, 0.6) is 0 Å². The highest BCUT2D eigenvalue weighted by molar-refractivity contribution is 6.35. The van der Waals surface area contributed by atoms with Crippen LogP contribution in [-0.4, -0.2) is 5.91 Å². The maximum Gasteiger partial charge on any atom is 0.230 e. The van der Waals surface area contributed by atoms with Crippen LogP contribution in [0.1, 0.15) is 49.7 Å². The summed E-state index contributed by atoms with van der Waals surface area (Å²) >= 11 is 12.4. The average Bonchev–Trinajstić information content (AvgIpc) is 2.64. The molecule has 2 aromatic carbocycles. The van der Waals surface area contributed by atoms with Gasteiger partial charge in [0.05, 0.1) is 16.1 Å². The summed E-state index contributed by atoms with van der Waals surface area (Å²) in [6.07, 6.45) is 6.67. The Morgan fingerprint density at radius 3 is 2.36 bits per heavy atom. The lowest BCUT2D eigenvalue weighted by atomic mass is 9.42. The van der Waals surface area contributed by atoms with E-state index in [2.05, 4.69) is 36.5 Å². The molecular formula is C24H25Cl2NO. The molecular weight excluding hydrogens is 389 g/mol. The van der Waals surface area contributed by atoms with Gasteiger partial charge in [-0.3, -0.25) is 4.79 Å². The summed E-state index contributed by atoms with van der Waals surface area (Å²) in [7, 11) is 0. The molecule has 4 aliphatic carbocycles. The number of hydrogen-bond donors (Lipinski definition) is 1. The molecule has 4 aliphatic rings. The summed E-state index contributed by atoms with van der Waals surface area (Å²) in [5, 5.41) is 4.25. The first-order chi connectivity index (χ1) is 13.4. The zero-order chi connectivity index (χ0) is 19.5. The van der Waals surface area contributed by atoms with Gasteiger partial charge in [0.1, 0.15) is 0 Å². The minimum atomic E-state index is -0.291. The molecule has 28 heavy (non-hydrogen) atoms. The highest BCUT2D eigenvalue weighted by atomic mass is 35.5. The van der Waals surface area contributed by atoms with Crippen molar-refractivity contribution < 1.29 is 4.79 Å². The highest BCUT2D eigenvalue weighted by Gasteiger charge is 2.60. The molecule has 4 saturated carbocycles. The van der Waals surface area contributed by atoms with Crippen LogP contribution in [0.4, 0.5) is 5.69 Å². The zero-order valence-corrected chi connectivity index (χ0v) is 17.6. The second-order valence-corrected chi connectivity index (χ2v) is 10.3. The highest BCUT2D eigenvalue weighted by Crippen LogP contribution is 2.66. The fraction of sp³-hybridized carbons (Fsp3) is 0.458. The van der Waals surface area contributed by atoms with Gasteiger partial charge in [-0.15, -0.1) is 0 Å². The van der Waals surface area contributed by atoms with Gasteiger partial charge in [-0.2, -0.15) is 0 Å². The van der Waals surface area contributed by atoms with E-state index in [4.69, 9.17) is 23.2 Å². The normalized spacial score (nSPS) is 33.1. The standard InChI is InChI=1S/C24H25Cl2NO/c1-15-2-4-18(5-3-15)23-10-16-8-17(11-23)13-24(12-16,14-23)22(28)27-21-9-19(25)6-7-20(21)26/h2-7,9,16-17H,8,10-14H2,1H3,(H,27,28). The van der Waals surface area contributed by atoms with Crippen molar-refractivity contribution in [2.75, 3.05) is 5.32 Å². The first kappa shape index (κ1) is 18.5. The molecule has 2 nitrogen and oxygen atoms in total. The van der Waals surface area contributed by atoms with Crippen LogP contribution in [0.25, 0.3) is 0 Å². The van der Waals surface area contributed by atoms with Crippen molar-refractivity contribution in [3.8, 4) is 0 Å². The summed E-state index contributed by atoms with van der Waals surface area (Å²) in [6.45, 7) is 2.13. The number of benzene rings is 2. The van der Waals surface area contributed by atoms with Crippen molar-refractivity contribution in [3.63, 3.8) is 0 Å². The van der Waals surface area contributed by atoms with E-state index in [9.17, 15) is 4.79 Å². The van der Waals surface area contributed by atoms with Crippen LogP contribution >= 0.6 is 23.2 Å². The third kappa shape index (κ3) is 2.97. The first-order valence-corrected chi connectivity index (χ1v) is 11.0. The molecule has 0 aliphatic heterocycles. The SMILES string of the molecule is Cc1ccc(C23CC4CC(CC(C(=O)Nc5cc(Cl)ccc5Cl)(C4)C2)C3)cc1. The number of amides is 1. The Morgan fingerprint density at radius 1 is 1.00 bits per heavy atom. The average molecular weight is 414 g/mol. The predicted molar refractivity (Wildman–Crippen MR) is 115 cm³/mol. The van der Waals surface area contributed by atoms with Gasteiger partial charge >= 0.3 is 0 Å². The molecule has 0 spiro atoms. The molecule has 0 aromatic heterocycles. The van der Waals surface area contributed by atoms with E-state index in [0.717, 1.165) is 19.3 Å². The van der Waals surface area contributed by atoms with E-state index in [1.54, 1.807) is 18.2 Å². The molecule has 4 bridgehead atoms. The fourth-order valence-corrected chi connectivity index (χ4v) is 6.96. The number of hydrogen-bond acceptors (Lipinski definition) is 1. The molecule has 0 radical (unpaired) electrons. The van der Waals surface area contributed by atoms with Crippen molar-refractivity contribution in [1.82, 2.24) is 0 Å². The van der Waals surface area contributed by atoms with Crippen LogP contribution in [0.3, 0.4) is 0 Å². The minimum absolute atomic E-state index is 0.127. The molecule has 1 amide bonds. The monoisotopic (exact) mass is 413 g/mol. The Morgan fingerprint density at radius 2 is 1.68 bits per heavy atom. The van der Waals surface area contributed by atoms with Gasteiger partial charge in [-0.1, -0.05) is 53.0 Å². The summed E-state index contributed by atoms with van der Waals surface area (Å²) in [5.41, 5.74) is 3.19. The minimum Gasteiger partial charge on any atom is -0.324 e. The Hall–Kier alpha value is -1.51. The zero-order valence-electron chi connectivity index (χ0n) is 16.1. The second-order valence-electron chi connectivity index (χ2n) is 9.47. The van der Waals surface area contributed by atoms with E-state index in [-0.39, 0.29) is 16.7 Å². The van der Waals surface area contributed by atoms with Crippen molar-refractivity contribution in [1.29, 1.82) is 0 Å². The third-order valence-corrected chi connectivity index (χ3v) is 7.95. The molecule has 0 heterocycles. The molecule has 4 fully saturated rings. The topological polar surface area (TPSA) is 29.1 Å². The van der Waals surface area contributed by atoms with Crippen molar-refractivity contribution in [3.05, 3.63) is 63.6 Å².